The highest BCUT2D eigenvalue weighted by Gasteiger charge is 2.61. The molecular formula is C30H29ClS. The topological polar surface area (TPSA) is 0 Å². The molecule has 32 heavy (non-hydrogen) atoms. The largest absolute Gasteiger partial charge is 0.192 e. The molecule has 0 nitrogen and oxygen atoms in total. The van der Waals surface area contributed by atoms with E-state index >= 15 is 0 Å². The Morgan fingerprint density at radius 1 is 0.688 bits per heavy atom. The molecule has 9 rings (SSSR count). The van der Waals surface area contributed by atoms with Gasteiger partial charge in [-0.05, 0) is 132 Å². The molecule has 0 aromatic heterocycles. The van der Waals surface area contributed by atoms with E-state index in [4.69, 9.17) is 11.6 Å². The van der Waals surface area contributed by atoms with E-state index in [-0.39, 0.29) is 5.41 Å². The van der Waals surface area contributed by atoms with Gasteiger partial charge in [-0.2, -0.15) is 10.0 Å². The van der Waals surface area contributed by atoms with Gasteiger partial charge in [0.05, 0.1) is 0 Å². The van der Waals surface area contributed by atoms with E-state index in [0.29, 0.717) is 0 Å². The molecule has 1 spiro atoms. The van der Waals surface area contributed by atoms with Gasteiger partial charge in [0.1, 0.15) is 0 Å². The first kappa shape index (κ1) is 18.7. The first-order valence-electron chi connectivity index (χ1n) is 12.3. The Morgan fingerprint density at radius 3 is 2.12 bits per heavy atom. The minimum absolute atomic E-state index is 0.217. The maximum Gasteiger partial charge on any atom is 0.0412 e. The van der Waals surface area contributed by atoms with Crippen LogP contribution in [-0.4, -0.2) is 12.5 Å². The number of fused-ring (bicyclic) bond motifs is 6. The van der Waals surface area contributed by atoms with Crippen LogP contribution in [0.2, 0.25) is 5.02 Å². The van der Waals surface area contributed by atoms with Gasteiger partial charge in [-0.3, -0.25) is 0 Å². The van der Waals surface area contributed by atoms with Crippen LogP contribution in [0.15, 0.2) is 64.4 Å². The number of benzene rings is 3. The molecule has 4 fully saturated rings. The van der Waals surface area contributed by atoms with Crippen LogP contribution in [0.25, 0.3) is 22.3 Å². The second-order valence-corrected chi connectivity index (χ2v) is 15.5. The lowest BCUT2D eigenvalue weighted by molar-refractivity contribution is -0.0399. The Balaban J connectivity index is 1.46. The minimum atomic E-state index is -0.995. The summed E-state index contributed by atoms with van der Waals surface area (Å²) in [5.41, 5.74) is 9.42. The molecule has 5 aliphatic carbocycles. The van der Waals surface area contributed by atoms with Crippen LogP contribution in [0.1, 0.15) is 43.2 Å². The normalized spacial score (nSPS) is 34.8. The fourth-order valence-corrected chi connectivity index (χ4v) is 11.8. The zero-order valence-electron chi connectivity index (χ0n) is 18.8. The van der Waals surface area contributed by atoms with Crippen molar-refractivity contribution in [3.63, 3.8) is 0 Å². The highest BCUT2D eigenvalue weighted by molar-refractivity contribution is 8.33. The third-order valence-electron chi connectivity index (χ3n) is 9.99. The number of hydrogen-bond acceptors (Lipinski definition) is 0. The highest BCUT2D eigenvalue weighted by atomic mass is 35.5. The maximum absolute atomic E-state index is 6.62. The van der Waals surface area contributed by atoms with E-state index in [9.17, 15) is 0 Å². The monoisotopic (exact) mass is 456 g/mol. The van der Waals surface area contributed by atoms with Crippen molar-refractivity contribution in [1.82, 2.24) is 0 Å². The standard InChI is InChI=1S/C30H29ClS/c1-32(2)28-6-4-3-5-22(28)25-15-27-24(16-29(25)32)23-14-21(31)7-8-26(23)30(27)19-10-17-9-18(12-19)13-20(30)11-17/h3-8,14-20H,9-13H2,1-2H3. The Kier molecular flexibility index (Phi) is 3.42. The lowest BCUT2D eigenvalue weighted by Gasteiger charge is -2.61. The van der Waals surface area contributed by atoms with Gasteiger partial charge in [0.15, 0.2) is 0 Å². The molecule has 4 bridgehead atoms. The van der Waals surface area contributed by atoms with Crippen LogP contribution >= 0.6 is 21.6 Å². The Bertz CT molecular complexity index is 1300. The van der Waals surface area contributed by atoms with E-state index in [0.717, 1.165) is 28.7 Å². The molecule has 2 heteroatoms. The van der Waals surface area contributed by atoms with Crippen molar-refractivity contribution in [2.24, 2.45) is 23.7 Å². The number of hydrogen-bond donors (Lipinski definition) is 0. The van der Waals surface area contributed by atoms with Crippen LogP contribution in [-0.2, 0) is 5.41 Å². The van der Waals surface area contributed by atoms with E-state index in [1.807, 2.05) is 0 Å². The van der Waals surface area contributed by atoms with Crippen molar-refractivity contribution < 1.29 is 0 Å². The average Bonchev–Trinajstić information content (AvgIpc) is 3.17. The first-order valence-corrected chi connectivity index (χ1v) is 15.1. The maximum atomic E-state index is 6.62. The van der Waals surface area contributed by atoms with Crippen molar-refractivity contribution in [3.8, 4) is 22.3 Å². The molecule has 0 amide bonds. The summed E-state index contributed by atoms with van der Waals surface area (Å²) in [4.78, 5) is 3.13. The molecule has 0 N–H and O–H groups in total. The lowest BCUT2D eigenvalue weighted by atomic mass is 9.43. The molecule has 6 aliphatic rings. The van der Waals surface area contributed by atoms with Crippen molar-refractivity contribution in [2.45, 2.75) is 47.3 Å². The molecule has 0 radical (unpaired) electrons. The van der Waals surface area contributed by atoms with Crippen LogP contribution in [0.3, 0.4) is 0 Å². The molecular weight excluding hydrogens is 428 g/mol. The second kappa shape index (κ2) is 5.86. The minimum Gasteiger partial charge on any atom is -0.192 e. The predicted octanol–water partition coefficient (Wildman–Crippen LogP) is 8.53. The molecule has 0 unspecified atom stereocenters. The quantitative estimate of drug-likeness (QED) is 0.318. The molecule has 1 aliphatic heterocycles. The van der Waals surface area contributed by atoms with Crippen molar-refractivity contribution >= 4 is 21.6 Å². The van der Waals surface area contributed by atoms with Gasteiger partial charge >= 0.3 is 0 Å². The van der Waals surface area contributed by atoms with E-state index in [1.165, 1.54) is 54.4 Å². The van der Waals surface area contributed by atoms with Gasteiger partial charge in [-0.1, -0.05) is 35.9 Å². The fourth-order valence-electron chi connectivity index (χ4n) is 9.08. The van der Waals surface area contributed by atoms with Crippen LogP contribution in [0.4, 0.5) is 0 Å². The molecule has 1 heterocycles. The SMILES string of the molecule is CS1(C)c2ccccc2-c2cc3c(cc21)-c1cc(Cl)ccc1C31C2CC3CC(C2)CC1C3. The number of rotatable bonds is 0. The molecule has 162 valence electrons. The summed E-state index contributed by atoms with van der Waals surface area (Å²) in [6, 6.07) is 21.3. The van der Waals surface area contributed by atoms with Gasteiger partial charge in [-0.15, -0.1) is 0 Å². The van der Waals surface area contributed by atoms with Gasteiger partial charge in [0.2, 0.25) is 0 Å². The summed E-state index contributed by atoms with van der Waals surface area (Å²) in [6.45, 7) is 0. The first-order chi connectivity index (χ1) is 15.5. The van der Waals surface area contributed by atoms with E-state index in [1.54, 1.807) is 20.9 Å². The Hall–Kier alpha value is -1.70. The van der Waals surface area contributed by atoms with Crippen molar-refractivity contribution in [1.29, 1.82) is 0 Å². The second-order valence-electron chi connectivity index (χ2n) is 11.6. The Morgan fingerprint density at radius 2 is 1.38 bits per heavy atom. The fraction of sp³-hybridized carbons (Fsp3) is 0.400. The van der Waals surface area contributed by atoms with Gasteiger partial charge < -0.3 is 0 Å². The summed E-state index contributed by atoms with van der Waals surface area (Å²) < 4.78 is 0. The summed E-state index contributed by atoms with van der Waals surface area (Å²) in [6.07, 6.45) is 12.2. The summed E-state index contributed by atoms with van der Waals surface area (Å²) >= 11 is 6.62. The summed E-state index contributed by atoms with van der Waals surface area (Å²) in [5, 5.41) is 0.881. The van der Waals surface area contributed by atoms with Gasteiger partial charge in [-0.25, -0.2) is 0 Å². The van der Waals surface area contributed by atoms with Gasteiger partial charge in [0.25, 0.3) is 0 Å². The zero-order chi connectivity index (χ0) is 21.4. The van der Waals surface area contributed by atoms with Crippen molar-refractivity contribution in [2.75, 3.05) is 12.5 Å². The summed E-state index contributed by atoms with van der Waals surface area (Å²) in [7, 11) is -0.995. The zero-order valence-corrected chi connectivity index (χ0v) is 20.4. The van der Waals surface area contributed by atoms with Crippen LogP contribution in [0.5, 0.6) is 0 Å². The third-order valence-corrected chi connectivity index (χ3v) is 13.1. The van der Waals surface area contributed by atoms with Gasteiger partial charge in [0, 0.05) is 20.2 Å². The Labute approximate surface area is 197 Å². The highest BCUT2D eigenvalue weighted by Crippen LogP contribution is 2.73. The molecule has 0 atom stereocenters. The average molecular weight is 457 g/mol. The molecule has 4 saturated carbocycles. The predicted molar refractivity (Wildman–Crippen MR) is 136 cm³/mol. The van der Waals surface area contributed by atoms with E-state index in [2.05, 4.69) is 67.1 Å². The van der Waals surface area contributed by atoms with Crippen LogP contribution < -0.4 is 0 Å². The molecule has 3 aromatic rings. The third kappa shape index (κ3) is 2.02. The molecule has 0 saturated heterocycles. The van der Waals surface area contributed by atoms with E-state index < -0.39 is 10.0 Å². The summed E-state index contributed by atoms with van der Waals surface area (Å²) in [5.74, 6) is 3.55. The smallest absolute Gasteiger partial charge is 0.0412 e. The molecule has 3 aromatic carbocycles. The number of halogens is 1. The van der Waals surface area contributed by atoms with Crippen molar-refractivity contribution in [3.05, 3.63) is 70.7 Å². The van der Waals surface area contributed by atoms with Crippen LogP contribution in [0, 0.1) is 23.7 Å². The lowest BCUT2D eigenvalue weighted by Crippen LogP contribution is -2.55.